The second kappa shape index (κ2) is 6.79. The second-order valence-electron chi connectivity index (χ2n) is 6.66. The van der Waals surface area contributed by atoms with Crippen molar-refractivity contribution in [3.05, 3.63) is 35.5 Å². The van der Waals surface area contributed by atoms with E-state index in [-0.39, 0.29) is 12.5 Å². The van der Waals surface area contributed by atoms with E-state index in [1.165, 1.54) is 4.90 Å². The number of anilines is 1. The Morgan fingerprint density at radius 1 is 1.40 bits per heavy atom. The molecule has 0 radical (unpaired) electrons. The van der Waals surface area contributed by atoms with Gasteiger partial charge in [-0.25, -0.2) is 9.97 Å². The fourth-order valence-corrected chi connectivity index (χ4v) is 3.36. The Balaban J connectivity index is 1.71. The van der Waals surface area contributed by atoms with Gasteiger partial charge in [-0.1, -0.05) is 5.16 Å². The molecule has 0 aliphatic carbocycles. The van der Waals surface area contributed by atoms with Gasteiger partial charge in [-0.15, -0.1) is 0 Å². The Morgan fingerprint density at radius 3 is 2.76 bits per heavy atom. The van der Waals surface area contributed by atoms with Gasteiger partial charge in [0.25, 0.3) is 5.91 Å². The summed E-state index contributed by atoms with van der Waals surface area (Å²) in [5.74, 6) is 0.891. The Morgan fingerprint density at radius 2 is 2.12 bits per heavy atom. The summed E-state index contributed by atoms with van der Waals surface area (Å²) in [6.07, 6.45) is 4.80. The van der Waals surface area contributed by atoms with Crippen LogP contribution in [0, 0.1) is 13.8 Å². The number of hydrogen-bond donors (Lipinski definition) is 1. The minimum atomic E-state index is -1.01. The van der Waals surface area contributed by atoms with Gasteiger partial charge in [-0.2, -0.15) is 0 Å². The highest BCUT2D eigenvalue weighted by Crippen LogP contribution is 2.25. The van der Waals surface area contributed by atoms with E-state index in [9.17, 15) is 9.90 Å². The van der Waals surface area contributed by atoms with Crippen LogP contribution in [-0.2, 0) is 0 Å². The van der Waals surface area contributed by atoms with Gasteiger partial charge in [-0.3, -0.25) is 4.79 Å². The highest BCUT2D eigenvalue weighted by atomic mass is 16.5. The van der Waals surface area contributed by atoms with Gasteiger partial charge in [0.1, 0.15) is 11.3 Å². The number of piperidine rings is 1. The molecule has 1 fully saturated rings. The Kier molecular flexibility index (Phi) is 4.71. The first-order chi connectivity index (χ1) is 11.9. The molecule has 2 aromatic rings. The maximum Gasteiger partial charge on any atom is 0.259 e. The molecule has 1 aliphatic heterocycles. The zero-order valence-electron chi connectivity index (χ0n) is 14.8. The van der Waals surface area contributed by atoms with Crippen molar-refractivity contribution in [2.24, 2.45) is 0 Å². The number of hydrogen-bond acceptors (Lipinski definition) is 7. The fourth-order valence-electron chi connectivity index (χ4n) is 3.36. The summed E-state index contributed by atoms with van der Waals surface area (Å²) < 4.78 is 5.07. The first kappa shape index (κ1) is 17.3. The maximum atomic E-state index is 12.7. The molecule has 3 heterocycles. The van der Waals surface area contributed by atoms with E-state index in [0.29, 0.717) is 35.9 Å². The normalized spacial score (nSPS) is 20.6. The van der Waals surface area contributed by atoms with Crippen LogP contribution in [0.5, 0.6) is 0 Å². The van der Waals surface area contributed by atoms with Gasteiger partial charge in [0.2, 0.25) is 5.95 Å². The van der Waals surface area contributed by atoms with Crippen LogP contribution in [0.3, 0.4) is 0 Å². The average Bonchev–Trinajstić information content (AvgIpc) is 2.93. The predicted octanol–water partition coefficient (Wildman–Crippen LogP) is 1.18. The Bertz CT molecular complexity index is 728. The number of carbonyl (C=O) groups excluding carboxylic acids is 1. The molecule has 1 atom stereocenters. The van der Waals surface area contributed by atoms with Crippen LogP contribution >= 0.6 is 0 Å². The van der Waals surface area contributed by atoms with Crippen molar-refractivity contribution in [1.82, 2.24) is 20.0 Å². The van der Waals surface area contributed by atoms with Gasteiger partial charge < -0.3 is 19.4 Å². The topological polar surface area (TPSA) is 95.6 Å². The SMILES string of the molecule is Cc1noc(C)c1C(=O)N(C)C[C@@]1(O)CCCN(c2ncccn2)C1. The third kappa shape index (κ3) is 3.63. The molecule has 134 valence electrons. The highest BCUT2D eigenvalue weighted by molar-refractivity contribution is 5.96. The molecule has 3 rings (SSSR count). The van der Waals surface area contributed by atoms with Crippen molar-refractivity contribution < 1.29 is 14.4 Å². The van der Waals surface area contributed by atoms with E-state index in [4.69, 9.17) is 4.52 Å². The molecule has 0 saturated carbocycles. The first-order valence-corrected chi connectivity index (χ1v) is 8.32. The predicted molar refractivity (Wildman–Crippen MR) is 91.4 cm³/mol. The molecule has 0 unspecified atom stereocenters. The molecule has 25 heavy (non-hydrogen) atoms. The van der Waals surface area contributed by atoms with E-state index in [0.717, 1.165) is 13.0 Å². The Hall–Kier alpha value is -2.48. The van der Waals surface area contributed by atoms with E-state index in [1.807, 2.05) is 4.90 Å². The second-order valence-corrected chi connectivity index (χ2v) is 6.66. The summed E-state index contributed by atoms with van der Waals surface area (Å²) in [6, 6.07) is 1.76. The van der Waals surface area contributed by atoms with Crippen molar-refractivity contribution in [2.75, 3.05) is 31.6 Å². The standard InChI is InChI=1S/C17H23N5O3/c1-12-14(13(2)25-20-12)15(23)21(3)10-17(24)6-4-9-22(11-17)16-18-7-5-8-19-16/h5,7-8,24H,4,6,9-11H2,1-3H3/t17-/m0/s1. The number of aliphatic hydroxyl groups is 1. The van der Waals surface area contributed by atoms with Crippen LogP contribution in [0.2, 0.25) is 0 Å². The molecule has 0 aromatic carbocycles. The van der Waals surface area contributed by atoms with Crippen molar-refractivity contribution in [2.45, 2.75) is 32.3 Å². The summed E-state index contributed by atoms with van der Waals surface area (Å²) in [4.78, 5) is 24.7. The van der Waals surface area contributed by atoms with Crippen LogP contribution in [0.4, 0.5) is 5.95 Å². The van der Waals surface area contributed by atoms with Crippen molar-refractivity contribution in [1.29, 1.82) is 0 Å². The van der Waals surface area contributed by atoms with Gasteiger partial charge in [0.05, 0.1) is 24.4 Å². The van der Waals surface area contributed by atoms with Crippen LogP contribution in [0.15, 0.2) is 23.0 Å². The summed E-state index contributed by atoms with van der Waals surface area (Å²) in [5, 5.41) is 14.9. The lowest BCUT2D eigenvalue weighted by atomic mass is 9.92. The van der Waals surface area contributed by atoms with Gasteiger partial charge in [-0.05, 0) is 32.8 Å². The molecule has 1 N–H and O–H groups in total. The summed E-state index contributed by atoms with van der Waals surface area (Å²) >= 11 is 0. The lowest BCUT2D eigenvalue weighted by molar-refractivity contribution is -0.000366. The highest BCUT2D eigenvalue weighted by Gasteiger charge is 2.37. The fraction of sp³-hybridized carbons (Fsp3) is 0.529. The monoisotopic (exact) mass is 345 g/mol. The van der Waals surface area contributed by atoms with Crippen LogP contribution < -0.4 is 4.90 Å². The van der Waals surface area contributed by atoms with E-state index in [2.05, 4.69) is 15.1 Å². The number of amides is 1. The lowest BCUT2D eigenvalue weighted by Crippen LogP contribution is -2.55. The lowest BCUT2D eigenvalue weighted by Gasteiger charge is -2.41. The van der Waals surface area contributed by atoms with E-state index >= 15 is 0 Å². The third-order valence-corrected chi connectivity index (χ3v) is 4.52. The van der Waals surface area contributed by atoms with Crippen LogP contribution in [0.1, 0.15) is 34.7 Å². The number of likely N-dealkylation sites (N-methyl/N-ethyl adjacent to an activating group) is 1. The van der Waals surface area contributed by atoms with Crippen LogP contribution in [-0.4, -0.2) is 63.3 Å². The summed E-state index contributed by atoms with van der Waals surface area (Å²) in [7, 11) is 1.68. The molecule has 0 spiro atoms. The quantitative estimate of drug-likeness (QED) is 0.889. The van der Waals surface area contributed by atoms with E-state index in [1.54, 1.807) is 39.4 Å². The van der Waals surface area contributed by atoms with Crippen molar-refractivity contribution in [3.63, 3.8) is 0 Å². The Labute approximate surface area is 146 Å². The molecule has 8 heteroatoms. The smallest absolute Gasteiger partial charge is 0.259 e. The van der Waals surface area contributed by atoms with Crippen molar-refractivity contribution in [3.8, 4) is 0 Å². The third-order valence-electron chi connectivity index (χ3n) is 4.52. The van der Waals surface area contributed by atoms with E-state index < -0.39 is 5.60 Å². The zero-order chi connectivity index (χ0) is 18.0. The molecule has 2 aromatic heterocycles. The van der Waals surface area contributed by atoms with Gasteiger partial charge in [0, 0.05) is 26.0 Å². The van der Waals surface area contributed by atoms with Crippen molar-refractivity contribution >= 4 is 11.9 Å². The molecular weight excluding hydrogens is 322 g/mol. The molecule has 0 bridgehead atoms. The van der Waals surface area contributed by atoms with Gasteiger partial charge >= 0.3 is 0 Å². The summed E-state index contributed by atoms with van der Waals surface area (Å²) in [6.45, 7) is 4.84. The number of β-amino-alcohol motifs (C(OH)–C–C–N with tert-alkyl or cyclic N) is 1. The number of rotatable bonds is 4. The van der Waals surface area contributed by atoms with Crippen LogP contribution in [0.25, 0.3) is 0 Å². The minimum Gasteiger partial charge on any atom is -0.386 e. The van der Waals surface area contributed by atoms with Gasteiger partial charge in [0.15, 0.2) is 0 Å². The molecular formula is C17H23N5O3. The largest absolute Gasteiger partial charge is 0.386 e. The average molecular weight is 345 g/mol. The maximum absolute atomic E-state index is 12.7. The minimum absolute atomic E-state index is 0.197. The number of nitrogens with zero attached hydrogens (tertiary/aromatic N) is 5. The molecule has 1 saturated heterocycles. The number of aryl methyl sites for hydroxylation is 2. The molecule has 1 amide bonds. The zero-order valence-corrected chi connectivity index (χ0v) is 14.8. The number of aromatic nitrogens is 3. The molecule has 1 aliphatic rings. The first-order valence-electron chi connectivity index (χ1n) is 8.32. The molecule has 8 nitrogen and oxygen atoms in total. The summed E-state index contributed by atoms with van der Waals surface area (Å²) in [5.41, 5.74) is 0.00958. The number of carbonyl (C=O) groups is 1.